The number of sulfonamides is 1. The third-order valence-electron chi connectivity index (χ3n) is 2.47. The first kappa shape index (κ1) is 16.3. The Balaban J connectivity index is 3.07. The lowest BCUT2D eigenvalue weighted by Gasteiger charge is -2.19. The molecule has 0 aliphatic rings. The van der Waals surface area contributed by atoms with Gasteiger partial charge in [-0.05, 0) is 5.92 Å². The van der Waals surface area contributed by atoms with Crippen molar-refractivity contribution >= 4 is 38.6 Å². The van der Waals surface area contributed by atoms with Crippen molar-refractivity contribution in [2.24, 2.45) is 11.7 Å². The van der Waals surface area contributed by atoms with E-state index < -0.39 is 26.7 Å². The van der Waals surface area contributed by atoms with Crippen LogP contribution in [0.4, 0.5) is 5.69 Å². The topological polar surface area (TPSA) is 115 Å². The summed E-state index contributed by atoms with van der Waals surface area (Å²) in [7, 11) is -3.85. The van der Waals surface area contributed by atoms with Crippen LogP contribution in [0.25, 0.3) is 0 Å². The zero-order valence-corrected chi connectivity index (χ0v) is 12.7. The summed E-state index contributed by atoms with van der Waals surface area (Å²) in [6.45, 7) is 3.78. The quantitative estimate of drug-likeness (QED) is 0.607. The number of halogens is 1. The fourth-order valence-electron chi connectivity index (χ4n) is 1.31. The molecule has 0 bridgehead atoms. The second-order valence-electron chi connectivity index (χ2n) is 4.19. The highest BCUT2D eigenvalue weighted by atomic mass is 35.5. The maximum atomic E-state index is 12.1. The largest absolute Gasteiger partial charge is 0.329 e. The molecule has 10 heteroatoms. The summed E-state index contributed by atoms with van der Waals surface area (Å²) >= 11 is 6.29. The monoisotopic (exact) mass is 327 g/mol. The number of rotatable bonds is 6. The molecule has 1 unspecified atom stereocenters. The second kappa shape index (κ2) is 6.14. The Morgan fingerprint density at radius 1 is 1.58 bits per heavy atom. The number of nitrogens with two attached hydrogens (primary N) is 1. The molecular formula is C9H14ClN3O4S2. The van der Waals surface area contributed by atoms with Gasteiger partial charge >= 0.3 is 0 Å². The van der Waals surface area contributed by atoms with Crippen molar-refractivity contribution in [2.75, 3.05) is 6.54 Å². The van der Waals surface area contributed by atoms with Crippen LogP contribution in [0.3, 0.4) is 0 Å². The third kappa shape index (κ3) is 3.86. The summed E-state index contributed by atoms with van der Waals surface area (Å²) in [5.41, 5.74) is 5.07. The molecule has 0 radical (unpaired) electrons. The molecule has 19 heavy (non-hydrogen) atoms. The number of nitrogens with zero attached hydrogens (tertiary/aromatic N) is 1. The van der Waals surface area contributed by atoms with E-state index in [-0.39, 0.29) is 21.0 Å². The normalized spacial score (nSPS) is 13.7. The Hall–Kier alpha value is -0.740. The molecule has 0 spiro atoms. The van der Waals surface area contributed by atoms with Crippen LogP contribution in [0.2, 0.25) is 4.34 Å². The number of hydrogen-bond acceptors (Lipinski definition) is 6. The number of nitrogens with one attached hydrogen (secondary N) is 1. The molecule has 1 heterocycles. The minimum absolute atomic E-state index is 0.00481. The van der Waals surface area contributed by atoms with Crippen LogP contribution in [0.5, 0.6) is 0 Å². The Kier molecular flexibility index (Phi) is 5.27. The third-order valence-corrected chi connectivity index (χ3v) is 5.77. The van der Waals surface area contributed by atoms with Gasteiger partial charge in [-0.1, -0.05) is 25.4 Å². The highest BCUT2D eigenvalue weighted by Gasteiger charge is 2.27. The van der Waals surface area contributed by atoms with E-state index in [1.165, 1.54) is 0 Å². The lowest BCUT2D eigenvalue weighted by Crippen LogP contribution is -2.43. The van der Waals surface area contributed by atoms with Gasteiger partial charge in [-0.3, -0.25) is 10.1 Å². The number of thiophene rings is 1. The summed E-state index contributed by atoms with van der Waals surface area (Å²) in [6, 6.07) is 0.508. The van der Waals surface area contributed by atoms with Crippen molar-refractivity contribution in [3.63, 3.8) is 0 Å². The van der Waals surface area contributed by atoms with E-state index in [1.807, 2.05) is 13.8 Å². The molecular weight excluding hydrogens is 314 g/mol. The Morgan fingerprint density at radius 2 is 2.16 bits per heavy atom. The highest BCUT2D eigenvalue weighted by molar-refractivity contribution is 7.91. The molecule has 0 fully saturated rings. The molecule has 1 rings (SSSR count). The molecule has 3 N–H and O–H groups in total. The smallest absolute Gasteiger partial charge is 0.300 e. The SMILES string of the molecule is CC(C)C(CN)NS(=O)(=O)c1cc([N+](=O)[O-])c(Cl)s1. The van der Waals surface area contributed by atoms with Crippen LogP contribution in [0, 0.1) is 16.0 Å². The van der Waals surface area contributed by atoms with Gasteiger partial charge in [0.25, 0.3) is 15.7 Å². The molecule has 0 saturated heterocycles. The van der Waals surface area contributed by atoms with Crippen molar-refractivity contribution < 1.29 is 13.3 Å². The van der Waals surface area contributed by atoms with E-state index in [9.17, 15) is 18.5 Å². The number of hydrogen-bond donors (Lipinski definition) is 2. The second-order valence-corrected chi connectivity index (χ2v) is 7.78. The van der Waals surface area contributed by atoms with Crippen molar-refractivity contribution in [2.45, 2.75) is 24.1 Å². The van der Waals surface area contributed by atoms with Gasteiger partial charge in [0.2, 0.25) is 0 Å². The van der Waals surface area contributed by atoms with Gasteiger partial charge in [-0.2, -0.15) is 0 Å². The molecule has 108 valence electrons. The van der Waals surface area contributed by atoms with Gasteiger partial charge in [0.05, 0.1) is 4.92 Å². The predicted octanol–water partition coefficient (Wildman–Crippen LogP) is 1.57. The lowest BCUT2D eigenvalue weighted by molar-refractivity contribution is -0.384. The van der Waals surface area contributed by atoms with Crippen LogP contribution in [0.1, 0.15) is 13.8 Å². The van der Waals surface area contributed by atoms with Crippen molar-refractivity contribution in [1.82, 2.24) is 4.72 Å². The van der Waals surface area contributed by atoms with Gasteiger partial charge in [0.15, 0.2) is 4.34 Å². The van der Waals surface area contributed by atoms with Crippen LogP contribution >= 0.6 is 22.9 Å². The average Bonchev–Trinajstić information content (AvgIpc) is 2.68. The minimum Gasteiger partial charge on any atom is -0.329 e. The molecule has 0 aliphatic carbocycles. The van der Waals surface area contributed by atoms with Crippen LogP contribution in [-0.2, 0) is 10.0 Å². The maximum absolute atomic E-state index is 12.1. The summed E-state index contributed by atoms with van der Waals surface area (Å²) in [5, 5.41) is 10.6. The lowest BCUT2D eigenvalue weighted by atomic mass is 10.1. The Bertz CT molecular complexity index is 570. The van der Waals surface area contributed by atoms with Gasteiger partial charge in [-0.15, -0.1) is 11.3 Å². The van der Waals surface area contributed by atoms with E-state index >= 15 is 0 Å². The van der Waals surface area contributed by atoms with E-state index in [1.54, 1.807) is 0 Å². The average molecular weight is 328 g/mol. The minimum atomic E-state index is -3.85. The summed E-state index contributed by atoms with van der Waals surface area (Å²) in [4.78, 5) is 9.92. The van der Waals surface area contributed by atoms with E-state index in [0.29, 0.717) is 11.3 Å². The van der Waals surface area contributed by atoms with E-state index in [4.69, 9.17) is 17.3 Å². The van der Waals surface area contributed by atoms with Crippen molar-refractivity contribution in [1.29, 1.82) is 0 Å². The number of nitro groups is 1. The molecule has 0 saturated carbocycles. The van der Waals surface area contributed by atoms with Crippen LogP contribution in [0.15, 0.2) is 10.3 Å². The fraction of sp³-hybridized carbons (Fsp3) is 0.556. The summed E-state index contributed by atoms with van der Waals surface area (Å²) in [6.07, 6.45) is 0. The molecule has 0 aromatic carbocycles. The standard InChI is InChI=1S/C9H14ClN3O4S2/c1-5(2)6(4-11)12-19(16,17)8-3-7(13(14)15)9(10)18-8/h3,5-6,12H,4,11H2,1-2H3. The molecule has 7 nitrogen and oxygen atoms in total. The van der Waals surface area contributed by atoms with Gasteiger partial charge in [0.1, 0.15) is 4.21 Å². The zero-order valence-electron chi connectivity index (χ0n) is 10.3. The first-order valence-corrected chi connectivity index (χ1v) is 8.03. The molecule has 1 aromatic heterocycles. The zero-order chi connectivity index (χ0) is 14.8. The summed E-state index contributed by atoms with van der Waals surface area (Å²) in [5.74, 6) is 0.00481. The highest BCUT2D eigenvalue weighted by Crippen LogP contribution is 2.36. The van der Waals surface area contributed by atoms with E-state index in [0.717, 1.165) is 6.07 Å². The van der Waals surface area contributed by atoms with E-state index in [2.05, 4.69) is 4.72 Å². The Labute approximate surface area is 120 Å². The van der Waals surface area contributed by atoms with Gasteiger partial charge in [-0.25, -0.2) is 13.1 Å². The van der Waals surface area contributed by atoms with Crippen LogP contribution in [-0.4, -0.2) is 25.9 Å². The molecule has 0 aliphatic heterocycles. The van der Waals surface area contributed by atoms with Crippen LogP contribution < -0.4 is 10.5 Å². The maximum Gasteiger partial charge on any atom is 0.300 e. The van der Waals surface area contributed by atoms with Crippen molar-refractivity contribution in [3.05, 3.63) is 20.5 Å². The molecule has 0 amide bonds. The fourth-order valence-corrected chi connectivity index (χ4v) is 4.39. The van der Waals surface area contributed by atoms with Crippen molar-refractivity contribution in [3.8, 4) is 0 Å². The Morgan fingerprint density at radius 3 is 2.53 bits per heavy atom. The predicted molar refractivity (Wildman–Crippen MR) is 74.0 cm³/mol. The van der Waals surface area contributed by atoms with Gasteiger partial charge < -0.3 is 5.73 Å². The molecule has 1 aromatic rings. The first-order valence-electron chi connectivity index (χ1n) is 5.35. The first-order chi connectivity index (χ1) is 8.69. The molecule has 1 atom stereocenters. The summed E-state index contributed by atoms with van der Waals surface area (Å²) < 4.78 is 26.2. The van der Waals surface area contributed by atoms with Gasteiger partial charge in [0, 0.05) is 18.7 Å².